The minimum absolute atomic E-state index is 0.0994. The van der Waals surface area contributed by atoms with Crippen LogP contribution in [0.1, 0.15) is 44.8 Å². The van der Waals surface area contributed by atoms with Crippen LogP contribution in [0.25, 0.3) is 10.4 Å². The number of hydrogen-bond donors (Lipinski definition) is 1. The lowest BCUT2D eigenvalue weighted by Crippen LogP contribution is -2.25. The first-order valence-corrected chi connectivity index (χ1v) is 7.38. The minimum atomic E-state index is 0.0994. The number of nitrogens with two attached hydrogens (primary N) is 1. The van der Waals surface area contributed by atoms with Gasteiger partial charge in [-0.1, -0.05) is 37.4 Å². The van der Waals surface area contributed by atoms with E-state index >= 15 is 0 Å². The van der Waals surface area contributed by atoms with E-state index in [1.54, 1.807) is 11.3 Å². The molecule has 0 spiro atoms. The number of anilines is 1. The van der Waals surface area contributed by atoms with Gasteiger partial charge in [-0.05, 0) is 24.3 Å². The highest BCUT2D eigenvalue weighted by atomic mass is 32.1. The topological polar surface area (TPSA) is 52.0 Å². The van der Waals surface area contributed by atoms with E-state index < -0.39 is 0 Å². The number of rotatable bonds is 2. The van der Waals surface area contributed by atoms with Gasteiger partial charge < -0.3 is 10.3 Å². The molecule has 2 N–H and O–H groups in total. The van der Waals surface area contributed by atoms with Crippen LogP contribution in [0.2, 0.25) is 0 Å². The zero-order valence-electron chi connectivity index (χ0n) is 10.6. The molecule has 18 heavy (non-hydrogen) atoms. The molecule has 1 aliphatic carbocycles. The summed E-state index contributed by atoms with van der Waals surface area (Å²) in [5.41, 5.74) is 7.12. The van der Waals surface area contributed by atoms with Crippen molar-refractivity contribution < 1.29 is 4.52 Å². The average molecular weight is 262 g/mol. The quantitative estimate of drug-likeness (QED) is 0.882. The molecule has 0 aromatic carbocycles. The van der Waals surface area contributed by atoms with Crippen LogP contribution >= 0.6 is 11.3 Å². The van der Waals surface area contributed by atoms with Crippen LogP contribution in [0.4, 0.5) is 5.82 Å². The van der Waals surface area contributed by atoms with Crippen LogP contribution in [0, 0.1) is 0 Å². The van der Waals surface area contributed by atoms with Crippen LogP contribution < -0.4 is 5.73 Å². The second-order valence-corrected chi connectivity index (χ2v) is 6.32. The summed E-state index contributed by atoms with van der Waals surface area (Å²) in [5, 5.41) is 6.07. The van der Waals surface area contributed by atoms with Crippen molar-refractivity contribution in [1.29, 1.82) is 0 Å². The third kappa shape index (κ3) is 1.85. The average Bonchev–Trinajstić information content (AvgIpc) is 2.98. The molecule has 2 aromatic rings. The lowest BCUT2D eigenvalue weighted by molar-refractivity contribution is 0.242. The molecule has 4 heteroatoms. The molecule has 3 rings (SSSR count). The molecule has 0 atom stereocenters. The summed E-state index contributed by atoms with van der Waals surface area (Å²) < 4.78 is 5.59. The Kier molecular flexibility index (Phi) is 2.90. The molecule has 0 bridgehead atoms. The Labute approximate surface area is 111 Å². The number of hydrogen-bond acceptors (Lipinski definition) is 4. The molecule has 2 aromatic heterocycles. The SMILES string of the molecule is CC1(c2onc(N)c2-c2cccs2)CCCCC1. The Hall–Kier alpha value is -1.29. The van der Waals surface area contributed by atoms with E-state index in [1.807, 2.05) is 6.07 Å². The number of thiophene rings is 1. The Morgan fingerprint density at radius 1 is 1.33 bits per heavy atom. The Balaban J connectivity index is 2.07. The second kappa shape index (κ2) is 4.43. The van der Waals surface area contributed by atoms with E-state index in [-0.39, 0.29) is 5.41 Å². The van der Waals surface area contributed by atoms with E-state index in [9.17, 15) is 0 Å². The van der Waals surface area contributed by atoms with Gasteiger partial charge in [-0.25, -0.2) is 0 Å². The number of aromatic nitrogens is 1. The van der Waals surface area contributed by atoms with Gasteiger partial charge in [0.25, 0.3) is 0 Å². The van der Waals surface area contributed by atoms with E-state index in [2.05, 4.69) is 23.5 Å². The van der Waals surface area contributed by atoms with E-state index in [0.29, 0.717) is 5.82 Å². The smallest absolute Gasteiger partial charge is 0.175 e. The monoisotopic (exact) mass is 262 g/mol. The summed E-state index contributed by atoms with van der Waals surface area (Å²) in [6.45, 7) is 2.28. The molecule has 2 heterocycles. The number of nitrogen functional groups attached to an aromatic ring is 1. The third-order valence-corrected chi connectivity index (χ3v) is 4.88. The van der Waals surface area contributed by atoms with Crippen LogP contribution in [0.5, 0.6) is 0 Å². The van der Waals surface area contributed by atoms with Gasteiger partial charge in [-0.3, -0.25) is 0 Å². The van der Waals surface area contributed by atoms with Crippen molar-refractivity contribution in [2.24, 2.45) is 0 Å². The van der Waals surface area contributed by atoms with Crippen molar-refractivity contribution in [3.63, 3.8) is 0 Å². The molecule has 0 radical (unpaired) electrons. The summed E-state index contributed by atoms with van der Waals surface area (Å²) in [7, 11) is 0. The molecule has 1 fully saturated rings. The fourth-order valence-electron chi connectivity index (χ4n) is 2.93. The number of nitrogens with zero attached hydrogens (tertiary/aromatic N) is 1. The van der Waals surface area contributed by atoms with E-state index in [0.717, 1.165) is 16.2 Å². The third-order valence-electron chi connectivity index (χ3n) is 3.99. The van der Waals surface area contributed by atoms with Crippen LogP contribution in [0.3, 0.4) is 0 Å². The van der Waals surface area contributed by atoms with Gasteiger partial charge in [0.1, 0.15) is 0 Å². The molecule has 96 valence electrons. The maximum Gasteiger partial charge on any atom is 0.175 e. The molecule has 1 saturated carbocycles. The van der Waals surface area contributed by atoms with E-state index in [1.165, 1.54) is 32.1 Å². The van der Waals surface area contributed by atoms with Crippen molar-refractivity contribution in [3.8, 4) is 10.4 Å². The standard InChI is InChI=1S/C14H18N2OS/c1-14(7-3-2-4-8-14)12-11(13(15)16-17-12)10-6-5-9-18-10/h5-6,9H,2-4,7-8H2,1H3,(H2,15,16). The highest BCUT2D eigenvalue weighted by molar-refractivity contribution is 7.13. The van der Waals surface area contributed by atoms with Crippen molar-refractivity contribution in [3.05, 3.63) is 23.3 Å². The van der Waals surface area contributed by atoms with Gasteiger partial charge in [0.15, 0.2) is 11.6 Å². The lowest BCUT2D eigenvalue weighted by Gasteiger charge is -2.31. The summed E-state index contributed by atoms with van der Waals surface area (Å²) in [6.07, 6.45) is 6.19. The lowest BCUT2D eigenvalue weighted by atomic mass is 9.73. The molecule has 0 aliphatic heterocycles. The fourth-order valence-corrected chi connectivity index (χ4v) is 3.71. The first kappa shape index (κ1) is 11.8. The van der Waals surface area contributed by atoms with Crippen molar-refractivity contribution >= 4 is 17.2 Å². The zero-order chi connectivity index (χ0) is 12.6. The van der Waals surface area contributed by atoms with Gasteiger partial charge in [0.05, 0.1) is 5.56 Å². The Bertz CT molecular complexity index is 524. The van der Waals surface area contributed by atoms with Crippen molar-refractivity contribution in [2.75, 3.05) is 5.73 Å². The van der Waals surface area contributed by atoms with Crippen molar-refractivity contribution in [2.45, 2.75) is 44.4 Å². The molecule has 0 unspecified atom stereocenters. The first-order valence-electron chi connectivity index (χ1n) is 6.50. The Morgan fingerprint density at radius 2 is 2.11 bits per heavy atom. The maximum absolute atomic E-state index is 6.00. The molecule has 3 nitrogen and oxygen atoms in total. The molecular formula is C14H18N2OS. The second-order valence-electron chi connectivity index (χ2n) is 5.37. The van der Waals surface area contributed by atoms with Crippen LogP contribution in [0.15, 0.2) is 22.0 Å². The van der Waals surface area contributed by atoms with Gasteiger partial charge in [0, 0.05) is 10.3 Å². The largest absolute Gasteiger partial charge is 0.380 e. The van der Waals surface area contributed by atoms with Gasteiger partial charge in [0.2, 0.25) is 0 Å². The normalized spacial score (nSPS) is 18.9. The predicted octanol–water partition coefficient (Wildman–Crippen LogP) is 4.21. The summed E-state index contributed by atoms with van der Waals surface area (Å²) in [6, 6.07) is 4.13. The highest BCUT2D eigenvalue weighted by Gasteiger charge is 2.36. The summed E-state index contributed by atoms with van der Waals surface area (Å²) in [5.74, 6) is 1.52. The predicted molar refractivity (Wildman–Crippen MR) is 74.7 cm³/mol. The van der Waals surface area contributed by atoms with Crippen LogP contribution in [-0.2, 0) is 5.41 Å². The molecule has 0 saturated heterocycles. The summed E-state index contributed by atoms with van der Waals surface area (Å²) >= 11 is 1.69. The molecule has 0 amide bonds. The summed E-state index contributed by atoms with van der Waals surface area (Å²) in [4.78, 5) is 1.16. The first-order chi connectivity index (χ1) is 8.71. The molecular weight excluding hydrogens is 244 g/mol. The van der Waals surface area contributed by atoms with E-state index in [4.69, 9.17) is 10.3 Å². The van der Waals surface area contributed by atoms with Gasteiger partial charge in [-0.2, -0.15) is 0 Å². The minimum Gasteiger partial charge on any atom is -0.380 e. The van der Waals surface area contributed by atoms with Crippen LogP contribution in [-0.4, -0.2) is 5.16 Å². The highest BCUT2D eigenvalue weighted by Crippen LogP contribution is 2.45. The van der Waals surface area contributed by atoms with Gasteiger partial charge in [-0.15, -0.1) is 11.3 Å². The zero-order valence-corrected chi connectivity index (χ0v) is 11.4. The van der Waals surface area contributed by atoms with Gasteiger partial charge >= 0.3 is 0 Å². The van der Waals surface area contributed by atoms with Crippen molar-refractivity contribution in [1.82, 2.24) is 5.16 Å². The maximum atomic E-state index is 6.00. The fraction of sp³-hybridized carbons (Fsp3) is 0.500. The Morgan fingerprint density at radius 3 is 2.78 bits per heavy atom. The molecule has 1 aliphatic rings.